The Morgan fingerprint density at radius 2 is 1.92 bits per heavy atom. The van der Waals surface area contributed by atoms with Crippen LogP contribution in [-0.4, -0.2) is 37.3 Å². The number of aliphatic carboxylic acids is 1. The van der Waals surface area contributed by atoms with Gasteiger partial charge in [0, 0.05) is 19.3 Å². The number of alkyl halides is 1. The standard InChI is InChI=1S/C15H11FN4.C2H4O2/c16-7-8-20-14-4-2-1-3-13(14)19-15(20)6-5-12-9-17-11-18-10-12;1-2(3)4/h1-4,9-11H,7-8H2;1H3,(H,3,4). The van der Waals surface area contributed by atoms with Gasteiger partial charge in [-0.05, 0) is 18.1 Å². The third-order valence-electron chi connectivity index (χ3n) is 2.84. The number of carbonyl (C=O) groups is 1. The van der Waals surface area contributed by atoms with Gasteiger partial charge in [0.05, 0.1) is 23.1 Å². The molecule has 0 bridgehead atoms. The minimum absolute atomic E-state index is 0.246. The molecule has 3 rings (SSSR count). The van der Waals surface area contributed by atoms with Crippen LogP contribution in [0.1, 0.15) is 18.3 Å². The van der Waals surface area contributed by atoms with Crippen molar-refractivity contribution >= 4 is 17.0 Å². The summed E-state index contributed by atoms with van der Waals surface area (Å²) in [6.07, 6.45) is 4.70. The van der Waals surface area contributed by atoms with E-state index in [4.69, 9.17) is 9.90 Å². The van der Waals surface area contributed by atoms with Crippen molar-refractivity contribution in [2.75, 3.05) is 6.67 Å². The fourth-order valence-corrected chi connectivity index (χ4v) is 1.97. The maximum Gasteiger partial charge on any atom is 0.300 e. The molecule has 2 heterocycles. The van der Waals surface area contributed by atoms with Gasteiger partial charge < -0.3 is 9.67 Å². The number of nitrogens with zero attached hydrogens (tertiary/aromatic N) is 4. The number of hydrogen-bond donors (Lipinski definition) is 1. The van der Waals surface area contributed by atoms with Crippen LogP contribution in [0.5, 0.6) is 0 Å². The molecule has 0 fully saturated rings. The number of imidazole rings is 1. The fourth-order valence-electron chi connectivity index (χ4n) is 1.97. The molecule has 7 heteroatoms. The van der Waals surface area contributed by atoms with Gasteiger partial charge in [-0.25, -0.2) is 19.3 Å². The normalized spacial score (nSPS) is 9.58. The number of hydrogen-bond acceptors (Lipinski definition) is 4. The Morgan fingerprint density at radius 3 is 2.58 bits per heavy atom. The number of carboxylic acids is 1. The summed E-state index contributed by atoms with van der Waals surface area (Å²) in [6.45, 7) is 0.874. The lowest BCUT2D eigenvalue weighted by atomic mass is 10.3. The largest absolute Gasteiger partial charge is 0.481 e. The number of fused-ring (bicyclic) bond motifs is 1. The van der Waals surface area contributed by atoms with E-state index < -0.39 is 12.6 Å². The topological polar surface area (TPSA) is 80.9 Å². The van der Waals surface area contributed by atoms with E-state index in [2.05, 4.69) is 26.8 Å². The summed E-state index contributed by atoms with van der Waals surface area (Å²) in [5.41, 5.74) is 2.40. The molecule has 24 heavy (non-hydrogen) atoms. The monoisotopic (exact) mass is 326 g/mol. The summed E-state index contributed by atoms with van der Waals surface area (Å²) in [4.78, 5) is 21.2. The molecule has 0 aliphatic heterocycles. The first-order chi connectivity index (χ1) is 11.6. The molecule has 1 N–H and O–H groups in total. The molecular formula is C17H15FN4O2. The highest BCUT2D eigenvalue weighted by Crippen LogP contribution is 2.15. The van der Waals surface area contributed by atoms with Gasteiger partial charge in [0.1, 0.15) is 13.0 Å². The van der Waals surface area contributed by atoms with Gasteiger partial charge in [-0.2, -0.15) is 0 Å². The molecular weight excluding hydrogens is 311 g/mol. The quantitative estimate of drug-likeness (QED) is 0.731. The Kier molecular flexibility index (Phi) is 5.97. The van der Waals surface area contributed by atoms with Crippen molar-refractivity contribution in [1.29, 1.82) is 0 Å². The summed E-state index contributed by atoms with van der Waals surface area (Å²) >= 11 is 0. The number of para-hydroxylation sites is 2. The maximum absolute atomic E-state index is 12.7. The van der Waals surface area contributed by atoms with Gasteiger partial charge in [-0.15, -0.1) is 0 Å². The van der Waals surface area contributed by atoms with Crippen LogP contribution in [0.15, 0.2) is 43.0 Å². The Balaban J connectivity index is 0.000000471. The summed E-state index contributed by atoms with van der Waals surface area (Å²) in [6, 6.07) is 7.61. The molecule has 2 aromatic heterocycles. The molecule has 0 atom stereocenters. The van der Waals surface area contributed by atoms with Crippen molar-refractivity contribution in [2.24, 2.45) is 0 Å². The molecule has 0 spiro atoms. The lowest BCUT2D eigenvalue weighted by molar-refractivity contribution is -0.134. The highest BCUT2D eigenvalue weighted by Gasteiger charge is 2.07. The summed E-state index contributed by atoms with van der Waals surface area (Å²) < 4.78 is 14.5. The Labute approximate surface area is 138 Å². The van der Waals surface area contributed by atoms with Crippen LogP contribution in [0.4, 0.5) is 4.39 Å². The van der Waals surface area contributed by atoms with Crippen LogP contribution < -0.4 is 0 Å². The summed E-state index contributed by atoms with van der Waals surface area (Å²) in [5.74, 6) is 5.61. The van der Waals surface area contributed by atoms with E-state index in [9.17, 15) is 4.39 Å². The van der Waals surface area contributed by atoms with Crippen molar-refractivity contribution in [2.45, 2.75) is 13.5 Å². The maximum atomic E-state index is 12.7. The van der Waals surface area contributed by atoms with E-state index in [1.807, 2.05) is 24.3 Å². The number of carboxylic acid groups (broad SMARTS) is 1. The van der Waals surface area contributed by atoms with E-state index in [1.54, 1.807) is 17.0 Å². The van der Waals surface area contributed by atoms with Crippen molar-refractivity contribution in [3.8, 4) is 11.8 Å². The molecule has 0 aliphatic carbocycles. The second-order valence-corrected chi connectivity index (χ2v) is 4.66. The highest BCUT2D eigenvalue weighted by atomic mass is 19.1. The number of aryl methyl sites for hydroxylation is 1. The second kappa shape index (κ2) is 8.39. The lowest BCUT2D eigenvalue weighted by Crippen LogP contribution is -2.02. The molecule has 0 radical (unpaired) electrons. The Hall–Kier alpha value is -3.27. The first kappa shape index (κ1) is 17.1. The third kappa shape index (κ3) is 4.61. The molecule has 0 saturated carbocycles. The van der Waals surface area contributed by atoms with Gasteiger partial charge in [-0.3, -0.25) is 4.79 Å². The number of halogens is 1. The molecule has 0 unspecified atom stereocenters. The van der Waals surface area contributed by atoms with Crippen LogP contribution >= 0.6 is 0 Å². The van der Waals surface area contributed by atoms with Crippen LogP contribution in [0, 0.1) is 11.8 Å². The van der Waals surface area contributed by atoms with Crippen LogP contribution in [0.2, 0.25) is 0 Å². The minimum atomic E-state index is -0.833. The van der Waals surface area contributed by atoms with E-state index in [0.29, 0.717) is 11.4 Å². The van der Waals surface area contributed by atoms with E-state index in [-0.39, 0.29) is 6.54 Å². The molecule has 122 valence electrons. The van der Waals surface area contributed by atoms with Crippen LogP contribution in [0.3, 0.4) is 0 Å². The van der Waals surface area contributed by atoms with E-state index in [1.165, 1.54) is 6.33 Å². The number of rotatable bonds is 2. The average molecular weight is 326 g/mol. The first-order valence-corrected chi connectivity index (χ1v) is 7.09. The SMILES string of the molecule is CC(=O)O.FCCn1c(C#Cc2cncnc2)nc2ccccc21. The van der Waals surface area contributed by atoms with Gasteiger partial charge in [-0.1, -0.05) is 18.1 Å². The van der Waals surface area contributed by atoms with Crippen LogP contribution in [0.25, 0.3) is 11.0 Å². The van der Waals surface area contributed by atoms with E-state index in [0.717, 1.165) is 18.0 Å². The highest BCUT2D eigenvalue weighted by molar-refractivity contribution is 5.76. The molecule has 0 aliphatic rings. The van der Waals surface area contributed by atoms with Gasteiger partial charge in [0.15, 0.2) is 5.82 Å². The molecule has 6 nitrogen and oxygen atoms in total. The number of benzene rings is 1. The van der Waals surface area contributed by atoms with Gasteiger partial charge in [0.2, 0.25) is 0 Å². The van der Waals surface area contributed by atoms with Crippen molar-refractivity contribution in [3.05, 3.63) is 54.4 Å². The van der Waals surface area contributed by atoms with Crippen LogP contribution in [-0.2, 0) is 11.3 Å². The predicted molar refractivity (Wildman–Crippen MR) is 87.0 cm³/mol. The lowest BCUT2D eigenvalue weighted by Gasteiger charge is -2.01. The fraction of sp³-hybridized carbons (Fsp3) is 0.176. The van der Waals surface area contributed by atoms with E-state index >= 15 is 0 Å². The zero-order valence-corrected chi connectivity index (χ0v) is 13.0. The van der Waals surface area contributed by atoms with Crippen molar-refractivity contribution < 1.29 is 14.3 Å². The smallest absolute Gasteiger partial charge is 0.300 e. The third-order valence-corrected chi connectivity index (χ3v) is 2.84. The van der Waals surface area contributed by atoms with Gasteiger partial charge >= 0.3 is 0 Å². The zero-order chi connectivity index (χ0) is 17.4. The minimum Gasteiger partial charge on any atom is -0.481 e. The summed E-state index contributed by atoms with van der Waals surface area (Å²) in [5, 5.41) is 7.42. The average Bonchev–Trinajstić information content (AvgIpc) is 2.92. The predicted octanol–water partition coefficient (Wildman–Crippen LogP) is 2.29. The van der Waals surface area contributed by atoms with Crippen molar-refractivity contribution in [3.63, 3.8) is 0 Å². The second-order valence-electron chi connectivity index (χ2n) is 4.66. The molecule has 3 aromatic rings. The molecule has 1 aromatic carbocycles. The number of aromatic nitrogens is 4. The first-order valence-electron chi connectivity index (χ1n) is 7.09. The summed E-state index contributed by atoms with van der Waals surface area (Å²) in [7, 11) is 0. The van der Waals surface area contributed by atoms with Crippen molar-refractivity contribution in [1.82, 2.24) is 19.5 Å². The molecule has 0 amide bonds. The Bertz CT molecular complexity index is 878. The zero-order valence-electron chi connectivity index (χ0n) is 13.0. The Morgan fingerprint density at radius 1 is 1.25 bits per heavy atom. The molecule has 0 saturated heterocycles. The van der Waals surface area contributed by atoms with Gasteiger partial charge in [0.25, 0.3) is 5.97 Å².